The van der Waals surface area contributed by atoms with Crippen molar-refractivity contribution in [1.82, 2.24) is 14.8 Å². The maximum absolute atomic E-state index is 6.03. The van der Waals surface area contributed by atoms with Crippen LogP contribution in [-0.4, -0.2) is 14.8 Å². The summed E-state index contributed by atoms with van der Waals surface area (Å²) in [4.78, 5) is 3.80. The first kappa shape index (κ1) is 9.08. The number of halogens is 1. The Morgan fingerprint density at radius 2 is 2.29 bits per heavy atom. The second-order valence-electron chi connectivity index (χ2n) is 2.94. The van der Waals surface area contributed by atoms with Crippen LogP contribution in [0.5, 0.6) is 0 Å². The van der Waals surface area contributed by atoms with Crippen LogP contribution in [0.15, 0.2) is 10.6 Å². The van der Waals surface area contributed by atoms with Gasteiger partial charge < -0.3 is 10.2 Å². The van der Waals surface area contributed by atoms with Gasteiger partial charge in [-0.1, -0.05) is 11.6 Å². The number of nitrogen functional groups attached to an aromatic ring is 1. The summed E-state index contributed by atoms with van der Waals surface area (Å²) in [5.41, 5.74) is 6.90. The number of anilines is 1. The van der Waals surface area contributed by atoms with E-state index in [4.69, 9.17) is 21.8 Å². The lowest BCUT2D eigenvalue weighted by Gasteiger charge is -1.93. The minimum Gasteiger partial charge on any atom is -0.424 e. The summed E-state index contributed by atoms with van der Waals surface area (Å²) in [7, 11) is 1.76. The van der Waals surface area contributed by atoms with Crippen LogP contribution in [0.25, 0.3) is 11.3 Å². The summed E-state index contributed by atoms with van der Waals surface area (Å²) in [5, 5.41) is 4.67. The van der Waals surface area contributed by atoms with Crippen molar-refractivity contribution in [2.45, 2.75) is 6.92 Å². The summed E-state index contributed by atoms with van der Waals surface area (Å²) in [5.74, 6) is 0.540. The molecule has 6 heteroatoms. The highest BCUT2D eigenvalue weighted by molar-refractivity contribution is 6.32. The van der Waals surface area contributed by atoms with Crippen molar-refractivity contribution in [1.29, 1.82) is 0 Å². The molecule has 2 rings (SSSR count). The first-order valence-electron chi connectivity index (χ1n) is 4.00. The van der Waals surface area contributed by atoms with Crippen LogP contribution in [0.2, 0.25) is 5.15 Å². The van der Waals surface area contributed by atoms with Crippen LogP contribution in [-0.2, 0) is 7.05 Å². The fourth-order valence-electron chi connectivity index (χ4n) is 1.31. The number of aromatic nitrogens is 3. The van der Waals surface area contributed by atoms with Crippen molar-refractivity contribution < 1.29 is 4.42 Å². The zero-order valence-electron chi connectivity index (χ0n) is 7.78. The molecule has 0 radical (unpaired) electrons. The number of nitrogens with two attached hydrogens (primary N) is 1. The normalized spacial score (nSPS) is 10.8. The monoisotopic (exact) mass is 212 g/mol. The minimum absolute atomic E-state index is 0.124. The third-order valence-corrected chi connectivity index (χ3v) is 2.36. The van der Waals surface area contributed by atoms with E-state index in [9.17, 15) is 0 Å². The van der Waals surface area contributed by atoms with Gasteiger partial charge in [0.05, 0.1) is 17.5 Å². The summed E-state index contributed by atoms with van der Waals surface area (Å²) in [6.07, 6.45) is 1.53. The molecule has 74 valence electrons. The van der Waals surface area contributed by atoms with Gasteiger partial charge in [0.15, 0.2) is 5.76 Å². The molecule has 0 aliphatic carbocycles. The molecule has 2 heterocycles. The number of nitrogens with zero attached hydrogens (tertiary/aromatic N) is 3. The van der Waals surface area contributed by atoms with Gasteiger partial charge in [-0.3, -0.25) is 4.68 Å². The van der Waals surface area contributed by atoms with Crippen LogP contribution < -0.4 is 5.73 Å². The molecule has 0 aliphatic rings. The topological polar surface area (TPSA) is 69.9 Å². The third kappa shape index (κ3) is 1.26. The molecule has 0 aliphatic heterocycles. The number of hydrogen-bond acceptors (Lipinski definition) is 4. The summed E-state index contributed by atoms with van der Waals surface area (Å²) < 4.78 is 6.75. The van der Waals surface area contributed by atoms with E-state index in [1.54, 1.807) is 11.7 Å². The van der Waals surface area contributed by atoms with Gasteiger partial charge in [0, 0.05) is 7.05 Å². The smallest absolute Gasteiger partial charge is 0.292 e. The predicted molar refractivity (Wildman–Crippen MR) is 52.9 cm³/mol. The van der Waals surface area contributed by atoms with Gasteiger partial charge >= 0.3 is 0 Å². The predicted octanol–water partition coefficient (Wildman–Crippen LogP) is 1.62. The Bertz CT molecular complexity index is 474. The Morgan fingerprint density at radius 1 is 1.57 bits per heavy atom. The van der Waals surface area contributed by atoms with Gasteiger partial charge in [-0.25, -0.2) is 4.98 Å². The lowest BCUT2D eigenvalue weighted by molar-refractivity contribution is 0.594. The lowest BCUT2D eigenvalue weighted by atomic mass is 10.2. The van der Waals surface area contributed by atoms with Gasteiger partial charge in [-0.15, -0.1) is 0 Å². The van der Waals surface area contributed by atoms with Crippen molar-refractivity contribution in [2.24, 2.45) is 7.05 Å². The average Bonchev–Trinajstić information content (AvgIpc) is 2.60. The lowest BCUT2D eigenvalue weighted by Crippen LogP contribution is -1.88. The molecule has 0 bridgehead atoms. The Balaban J connectivity index is 2.61. The quantitative estimate of drug-likeness (QED) is 0.780. The largest absolute Gasteiger partial charge is 0.424 e. The van der Waals surface area contributed by atoms with Gasteiger partial charge in [-0.2, -0.15) is 5.10 Å². The Morgan fingerprint density at radius 3 is 2.71 bits per heavy atom. The Hall–Kier alpha value is -1.49. The molecule has 2 aromatic heterocycles. The third-order valence-electron chi connectivity index (χ3n) is 1.92. The molecule has 2 aromatic rings. The van der Waals surface area contributed by atoms with Crippen molar-refractivity contribution >= 4 is 17.6 Å². The molecule has 2 N–H and O–H groups in total. The van der Waals surface area contributed by atoms with Crippen molar-refractivity contribution in [3.63, 3.8) is 0 Å². The fraction of sp³-hybridized carbons (Fsp3) is 0.250. The van der Waals surface area contributed by atoms with E-state index in [2.05, 4.69) is 10.1 Å². The molecule has 0 atom stereocenters. The maximum atomic E-state index is 6.03. The van der Waals surface area contributed by atoms with Crippen LogP contribution in [0.3, 0.4) is 0 Å². The number of rotatable bonds is 1. The van der Waals surface area contributed by atoms with Crippen molar-refractivity contribution in [2.75, 3.05) is 5.73 Å². The van der Waals surface area contributed by atoms with E-state index in [0.29, 0.717) is 10.9 Å². The second-order valence-corrected chi connectivity index (χ2v) is 3.30. The first-order chi connectivity index (χ1) is 6.59. The van der Waals surface area contributed by atoms with Crippen LogP contribution in [0, 0.1) is 6.92 Å². The Labute approximate surface area is 85.5 Å². The second kappa shape index (κ2) is 3.02. The van der Waals surface area contributed by atoms with Gasteiger partial charge in [0.25, 0.3) is 6.01 Å². The molecule has 0 fully saturated rings. The highest BCUT2D eigenvalue weighted by atomic mass is 35.5. The van der Waals surface area contributed by atoms with Gasteiger partial charge in [0.2, 0.25) is 0 Å². The molecule has 5 nitrogen and oxygen atoms in total. The summed E-state index contributed by atoms with van der Waals surface area (Å²) in [6, 6.07) is 0.124. The summed E-state index contributed by atoms with van der Waals surface area (Å²) >= 11 is 6.03. The zero-order chi connectivity index (χ0) is 10.3. The maximum Gasteiger partial charge on any atom is 0.292 e. The SMILES string of the molecule is Cc1nn(C)c(Cl)c1-c1cnc(N)o1. The van der Waals surface area contributed by atoms with Crippen LogP contribution in [0.4, 0.5) is 6.01 Å². The van der Waals surface area contributed by atoms with E-state index >= 15 is 0 Å². The molecule has 0 spiro atoms. The van der Waals surface area contributed by atoms with Crippen molar-refractivity contribution in [3.8, 4) is 11.3 Å². The van der Waals surface area contributed by atoms with E-state index in [-0.39, 0.29) is 6.01 Å². The number of hydrogen-bond donors (Lipinski definition) is 1. The molecule has 14 heavy (non-hydrogen) atoms. The first-order valence-corrected chi connectivity index (χ1v) is 4.38. The van der Waals surface area contributed by atoms with Crippen molar-refractivity contribution in [3.05, 3.63) is 17.0 Å². The minimum atomic E-state index is 0.124. The van der Waals surface area contributed by atoms with Crippen LogP contribution >= 0.6 is 11.6 Å². The van der Waals surface area contributed by atoms with E-state index in [0.717, 1.165) is 11.3 Å². The molecule has 0 saturated carbocycles. The molecule has 0 amide bonds. The Kier molecular flexibility index (Phi) is 1.96. The van der Waals surface area contributed by atoms with Gasteiger partial charge in [-0.05, 0) is 6.92 Å². The molecule has 0 aromatic carbocycles. The number of aryl methyl sites for hydroxylation is 2. The highest BCUT2D eigenvalue weighted by Crippen LogP contribution is 2.31. The van der Waals surface area contributed by atoms with E-state index in [1.165, 1.54) is 6.20 Å². The highest BCUT2D eigenvalue weighted by Gasteiger charge is 2.16. The molecular weight excluding hydrogens is 204 g/mol. The summed E-state index contributed by atoms with van der Waals surface area (Å²) in [6.45, 7) is 1.85. The molecular formula is C8H9ClN4O. The zero-order valence-corrected chi connectivity index (χ0v) is 8.54. The van der Waals surface area contributed by atoms with E-state index in [1.807, 2.05) is 6.92 Å². The van der Waals surface area contributed by atoms with E-state index < -0.39 is 0 Å². The molecule has 0 saturated heterocycles. The molecule has 0 unspecified atom stereocenters. The van der Waals surface area contributed by atoms with Gasteiger partial charge in [0.1, 0.15) is 5.15 Å². The van der Waals surface area contributed by atoms with Crippen LogP contribution in [0.1, 0.15) is 5.69 Å². The average molecular weight is 213 g/mol. The fourth-order valence-corrected chi connectivity index (χ4v) is 1.58. The number of oxazole rings is 1. The standard InChI is InChI=1S/C8H9ClN4O/c1-4-6(7(9)13(2)12-4)5-3-11-8(10)14-5/h3H,1-2H3,(H2,10,11).